The van der Waals surface area contributed by atoms with E-state index >= 15 is 0 Å². The maximum absolute atomic E-state index is 11.4. The number of nitrogens with one attached hydrogen (secondary N) is 1. The van der Waals surface area contributed by atoms with Gasteiger partial charge < -0.3 is 18.3 Å². The Morgan fingerprint density at radius 1 is 1.30 bits per heavy atom. The molecule has 0 fully saturated rings. The minimum atomic E-state index is -4.62. The molecule has 0 saturated heterocycles. The van der Waals surface area contributed by atoms with Gasteiger partial charge in [-0.05, 0) is 19.4 Å². The summed E-state index contributed by atoms with van der Waals surface area (Å²) in [5.41, 5.74) is 0. The molecule has 6 heteroatoms. The predicted molar refractivity (Wildman–Crippen MR) is 32.2 cm³/mol. The van der Waals surface area contributed by atoms with Crippen LogP contribution < -0.4 is 56.7 Å². The van der Waals surface area contributed by atoms with Crippen LogP contribution >= 0.6 is 0 Å². The van der Waals surface area contributed by atoms with Crippen molar-refractivity contribution in [1.29, 1.82) is 0 Å². The zero-order valence-electron chi connectivity index (χ0n) is 6.33. The first-order valence-corrected chi connectivity index (χ1v) is 2.98. The molecule has 0 saturated carbocycles. The number of hydrogen-bond donors (Lipinski definition) is 1. The van der Waals surface area contributed by atoms with Gasteiger partial charge in [-0.1, -0.05) is 6.92 Å². The van der Waals surface area contributed by atoms with Crippen LogP contribution in [0.25, 0.3) is 0 Å². The van der Waals surface area contributed by atoms with Crippen molar-refractivity contribution < 1.29 is 64.3 Å². The van der Waals surface area contributed by atoms with Gasteiger partial charge in [0.15, 0.2) is 0 Å². The third-order valence-electron chi connectivity index (χ3n) is 0.803. The summed E-state index contributed by atoms with van der Waals surface area (Å²) in [6.07, 6.45) is -0.0694. The molecule has 0 spiro atoms. The molecule has 1 N–H and O–H groups in total. The van der Waals surface area contributed by atoms with Gasteiger partial charge in [0.25, 0.3) is 0 Å². The van der Waals surface area contributed by atoms with Crippen LogP contribution in [0.2, 0.25) is 0 Å². The van der Waals surface area contributed by atoms with Crippen LogP contribution in [0.5, 0.6) is 0 Å². The van der Waals surface area contributed by atoms with E-state index in [1.54, 1.807) is 0 Å². The molecule has 1 nitrogen and oxygen atoms in total. The Labute approximate surface area is 102 Å². The molecule has 0 bridgehead atoms. The van der Waals surface area contributed by atoms with Crippen LogP contribution in [0.3, 0.4) is 0 Å². The van der Waals surface area contributed by atoms with Crippen molar-refractivity contribution in [3.8, 4) is 0 Å². The number of halogens is 3. The molecular weight excluding hydrogens is 169 g/mol. The molecule has 0 aromatic heterocycles. The van der Waals surface area contributed by atoms with E-state index in [4.69, 9.17) is 0 Å². The monoisotopic (exact) mass is 179 g/mol. The van der Waals surface area contributed by atoms with Gasteiger partial charge in [0.05, 0.1) is 0 Å². The van der Waals surface area contributed by atoms with E-state index in [0.29, 0.717) is 6.54 Å². The van der Waals surface area contributed by atoms with Gasteiger partial charge in [-0.2, -0.15) is 0 Å². The number of rotatable bonds is 4. The summed E-state index contributed by atoms with van der Waals surface area (Å²) in [5.74, 6) is 0. The molecule has 0 aromatic carbocycles. The van der Waals surface area contributed by atoms with E-state index in [0.717, 1.165) is 6.42 Å². The van der Waals surface area contributed by atoms with E-state index in [2.05, 4.69) is 5.32 Å². The fourth-order valence-corrected chi connectivity index (χ4v) is 0.443. The fraction of sp³-hybridized carbons (Fsp3) is 1.00. The van der Waals surface area contributed by atoms with Crippen molar-refractivity contribution in [1.82, 2.24) is 5.32 Å². The SMILES string of the molecule is CCCNC[B-](F)(F)F.[K+]. The van der Waals surface area contributed by atoms with Crippen LogP contribution in [-0.2, 0) is 0 Å². The van der Waals surface area contributed by atoms with Gasteiger partial charge in [-0.15, -0.1) is 0 Å². The summed E-state index contributed by atoms with van der Waals surface area (Å²) in [4.78, 5) is 0. The second-order valence-electron chi connectivity index (χ2n) is 1.91. The Hall–Kier alpha value is 1.45. The quantitative estimate of drug-likeness (QED) is 0.404. The Kier molecular flexibility index (Phi) is 9.97. The molecule has 0 aliphatic rings. The Bertz CT molecular complexity index is 77.4. The molecule has 0 amide bonds. The van der Waals surface area contributed by atoms with Gasteiger partial charge in [0.2, 0.25) is 0 Å². The minimum absolute atomic E-state index is 0. The summed E-state index contributed by atoms with van der Waals surface area (Å²) in [6, 6.07) is 0. The second kappa shape index (κ2) is 7.12. The summed E-state index contributed by atoms with van der Waals surface area (Å²) in [7, 11) is 0. The largest absolute Gasteiger partial charge is 1.00 e. The van der Waals surface area contributed by atoms with Crippen molar-refractivity contribution in [3.63, 3.8) is 0 Å². The fourth-order valence-electron chi connectivity index (χ4n) is 0.443. The van der Waals surface area contributed by atoms with Crippen LogP contribution in [-0.4, -0.2) is 20.0 Å². The van der Waals surface area contributed by atoms with E-state index in [9.17, 15) is 12.9 Å². The molecule has 0 heterocycles. The zero-order chi connectivity index (χ0) is 7.33. The summed E-state index contributed by atoms with van der Waals surface area (Å²) < 4.78 is 34.1. The van der Waals surface area contributed by atoms with Gasteiger partial charge in [0, 0.05) is 0 Å². The standard InChI is InChI=1S/C4H10BF3N.K/c1-2-3-9-4-5(6,7)8;/h9H,2-4H2,1H3;/q-1;+1. The van der Waals surface area contributed by atoms with Crippen molar-refractivity contribution in [2.75, 3.05) is 13.0 Å². The summed E-state index contributed by atoms with van der Waals surface area (Å²) in [5, 5.41) is 2.28. The van der Waals surface area contributed by atoms with Crippen LogP contribution in [0.4, 0.5) is 12.9 Å². The second-order valence-corrected chi connectivity index (χ2v) is 1.91. The first-order valence-electron chi connectivity index (χ1n) is 2.98. The van der Waals surface area contributed by atoms with Gasteiger partial charge in [-0.3, -0.25) is 0 Å². The Morgan fingerprint density at radius 2 is 1.80 bits per heavy atom. The van der Waals surface area contributed by atoms with Crippen LogP contribution in [0, 0.1) is 0 Å². The third-order valence-corrected chi connectivity index (χ3v) is 0.803. The normalized spacial score (nSPS) is 10.8. The average molecular weight is 179 g/mol. The minimum Gasteiger partial charge on any atom is -0.448 e. The summed E-state index contributed by atoms with van der Waals surface area (Å²) >= 11 is 0. The maximum atomic E-state index is 11.4. The van der Waals surface area contributed by atoms with Gasteiger partial charge >= 0.3 is 58.4 Å². The molecule has 0 aliphatic carbocycles. The Balaban J connectivity index is 0. The summed E-state index contributed by atoms with van der Waals surface area (Å²) in [6.45, 7) is -2.35. The van der Waals surface area contributed by atoms with Crippen molar-refractivity contribution in [3.05, 3.63) is 0 Å². The molecular formula is C4H10BF3KN. The maximum Gasteiger partial charge on any atom is 1.00 e. The third kappa shape index (κ3) is 12.2. The molecule has 10 heavy (non-hydrogen) atoms. The molecule has 0 unspecified atom stereocenters. The van der Waals surface area contributed by atoms with E-state index in [1.165, 1.54) is 0 Å². The Morgan fingerprint density at radius 3 is 2.10 bits per heavy atom. The zero-order valence-corrected chi connectivity index (χ0v) is 9.46. The molecule has 0 radical (unpaired) electrons. The molecule has 0 rings (SSSR count). The van der Waals surface area contributed by atoms with Crippen molar-refractivity contribution in [2.45, 2.75) is 13.3 Å². The van der Waals surface area contributed by atoms with Gasteiger partial charge in [0.1, 0.15) is 0 Å². The topological polar surface area (TPSA) is 12.0 Å². The van der Waals surface area contributed by atoms with E-state index in [1.807, 2.05) is 6.92 Å². The van der Waals surface area contributed by atoms with Gasteiger partial charge in [-0.25, -0.2) is 0 Å². The van der Waals surface area contributed by atoms with Crippen molar-refractivity contribution in [2.24, 2.45) is 0 Å². The predicted octanol–water partition coefficient (Wildman–Crippen LogP) is -1.62. The molecule has 0 aromatic rings. The number of hydrogen-bond acceptors (Lipinski definition) is 1. The van der Waals surface area contributed by atoms with E-state index < -0.39 is 13.4 Å². The van der Waals surface area contributed by atoms with Crippen LogP contribution in [0.15, 0.2) is 0 Å². The molecule has 0 aliphatic heterocycles. The molecule has 0 atom stereocenters. The van der Waals surface area contributed by atoms with E-state index in [-0.39, 0.29) is 51.4 Å². The molecule has 56 valence electrons. The first-order chi connectivity index (χ1) is 4.06. The van der Waals surface area contributed by atoms with Crippen molar-refractivity contribution >= 4 is 6.98 Å². The average Bonchev–Trinajstić information content (AvgIpc) is 1.63. The first kappa shape index (κ1) is 14.0. The smallest absolute Gasteiger partial charge is 0.448 e. The van der Waals surface area contributed by atoms with Crippen LogP contribution in [0.1, 0.15) is 13.3 Å².